The van der Waals surface area contributed by atoms with Crippen molar-refractivity contribution >= 4 is 0 Å². The fourth-order valence-corrected chi connectivity index (χ4v) is 1.36. The van der Waals surface area contributed by atoms with Crippen LogP contribution < -0.4 is 5.32 Å². The molecule has 0 amide bonds. The Morgan fingerprint density at radius 3 is 2.46 bits per heavy atom. The summed E-state index contributed by atoms with van der Waals surface area (Å²) in [5.41, 5.74) is 0. The molecule has 0 fully saturated rings. The van der Waals surface area contributed by atoms with Gasteiger partial charge in [-0.1, -0.05) is 13.8 Å². The Hall–Kier alpha value is -0.0800. The van der Waals surface area contributed by atoms with Crippen molar-refractivity contribution in [3.05, 3.63) is 0 Å². The molecule has 0 spiro atoms. The highest BCUT2D eigenvalue weighted by Crippen LogP contribution is 2.02. The van der Waals surface area contributed by atoms with Crippen LogP contribution in [-0.4, -0.2) is 37.6 Å². The topological polar surface area (TPSA) is 15.3 Å². The van der Waals surface area contributed by atoms with E-state index in [9.17, 15) is 0 Å². The third-order valence-electron chi connectivity index (χ3n) is 2.65. The number of hydrogen-bond acceptors (Lipinski definition) is 2. The zero-order valence-electron chi connectivity index (χ0n) is 9.77. The monoisotopic (exact) mass is 186 g/mol. The van der Waals surface area contributed by atoms with Gasteiger partial charge >= 0.3 is 0 Å². The van der Waals surface area contributed by atoms with E-state index in [0.29, 0.717) is 0 Å². The zero-order valence-corrected chi connectivity index (χ0v) is 9.77. The van der Waals surface area contributed by atoms with Crippen molar-refractivity contribution in [1.82, 2.24) is 10.2 Å². The van der Waals surface area contributed by atoms with Crippen LogP contribution in [0.5, 0.6) is 0 Å². The molecule has 1 unspecified atom stereocenters. The average molecular weight is 186 g/mol. The van der Waals surface area contributed by atoms with Gasteiger partial charge in [-0.25, -0.2) is 0 Å². The van der Waals surface area contributed by atoms with Gasteiger partial charge in [-0.2, -0.15) is 0 Å². The average Bonchev–Trinajstić information content (AvgIpc) is 2.16. The van der Waals surface area contributed by atoms with Crippen molar-refractivity contribution in [3.63, 3.8) is 0 Å². The number of nitrogens with zero attached hydrogens (tertiary/aromatic N) is 1. The number of hydrogen-bond donors (Lipinski definition) is 1. The largest absolute Gasteiger partial charge is 0.317 e. The van der Waals surface area contributed by atoms with Crippen LogP contribution in [0, 0.1) is 0 Å². The van der Waals surface area contributed by atoms with Crippen LogP contribution in [0.4, 0.5) is 0 Å². The molecule has 0 aromatic heterocycles. The third-order valence-corrected chi connectivity index (χ3v) is 2.65. The van der Waals surface area contributed by atoms with E-state index in [1.54, 1.807) is 0 Å². The summed E-state index contributed by atoms with van der Waals surface area (Å²) in [5, 5.41) is 3.43. The van der Waals surface area contributed by atoms with Gasteiger partial charge < -0.3 is 10.2 Å². The molecule has 1 N–H and O–H groups in total. The van der Waals surface area contributed by atoms with Gasteiger partial charge in [0, 0.05) is 6.04 Å². The van der Waals surface area contributed by atoms with Crippen LogP contribution in [0.15, 0.2) is 0 Å². The first-order valence-electron chi connectivity index (χ1n) is 5.63. The van der Waals surface area contributed by atoms with E-state index >= 15 is 0 Å². The second kappa shape index (κ2) is 8.52. The van der Waals surface area contributed by atoms with Gasteiger partial charge in [0.1, 0.15) is 0 Å². The van der Waals surface area contributed by atoms with E-state index in [0.717, 1.165) is 19.1 Å². The van der Waals surface area contributed by atoms with E-state index in [1.165, 1.54) is 25.8 Å². The highest BCUT2D eigenvalue weighted by Gasteiger charge is 2.05. The smallest absolute Gasteiger partial charge is 0.00642 e. The second-order valence-corrected chi connectivity index (χ2v) is 3.81. The molecular formula is C11H26N2. The van der Waals surface area contributed by atoms with E-state index in [2.05, 4.69) is 38.0 Å². The minimum atomic E-state index is 0.730. The Balaban J connectivity index is 3.21. The second-order valence-electron chi connectivity index (χ2n) is 3.81. The molecule has 0 heterocycles. The maximum absolute atomic E-state index is 3.43. The normalized spacial score (nSPS) is 13.6. The van der Waals surface area contributed by atoms with Crippen molar-refractivity contribution in [2.45, 2.75) is 46.1 Å². The van der Waals surface area contributed by atoms with Crippen LogP contribution >= 0.6 is 0 Å². The van der Waals surface area contributed by atoms with Crippen molar-refractivity contribution in [2.24, 2.45) is 0 Å². The lowest BCUT2D eigenvalue weighted by atomic mass is 10.1. The van der Waals surface area contributed by atoms with Gasteiger partial charge in [0.25, 0.3) is 0 Å². The molecular weight excluding hydrogens is 160 g/mol. The molecule has 0 bridgehead atoms. The third kappa shape index (κ3) is 7.03. The van der Waals surface area contributed by atoms with Crippen LogP contribution in [0.3, 0.4) is 0 Å². The molecule has 0 radical (unpaired) electrons. The summed E-state index contributed by atoms with van der Waals surface area (Å²) in [7, 11) is 2.20. The van der Waals surface area contributed by atoms with Gasteiger partial charge in [-0.15, -0.1) is 0 Å². The van der Waals surface area contributed by atoms with Crippen LogP contribution in [0.2, 0.25) is 0 Å². The number of nitrogens with one attached hydrogen (secondary N) is 1. The Morgan fingerprint density at radius 2 is 1.92 bits per heavy atom. The predicted octanol–water partition coefficient (Wildman–Crippen LogP) is 2.11. The molecule has 0 aliphatic carbocycles. The van der Waals surface area contributed by atoms with Gasteiger partial charge in [-0.05, 0) is 52.9 Å². The first kappa shape index (κ1) is 12.9. The molecule has 1 atom stereocenters. The maximum atomic E-state index is 3.43. The van der Waals surface area contributed by atoms with E-state index in [1.807, 2.05) is 0 Å². The molecule has 0 rings (SSSR count). The standard InChI is InChI=1S/C11H26N2/c1-5-9-12-10-7-8-11(3)13(4)6-2/h11-12H,5-10H2,1-4H3. The van der Waals surface area contributed by atoms with Crippen LogP contribution in [0.25, 0.3) is 0 Å². The molecule has 0 aromatic rings. The molecule has 0 saturated heterocycles. The van der Waals surface area contributed by atoms with Crippen LogP contribution in [-0.2, 0) is 0 Å². The van der Waals surface area contributed by atoms with E-state index in [-0.39, 0.29) is 0 Å². The molecule has 2 heteroatoms. The van der Waals surface area contributed by atoms with Gasteiger partial charge in [0.15, 0.2) is 0 Å². The van der Waals surface area contributed by atoms with Crippen molar-refractivity contribution in [1.29, 1.82) is 0 Å². The summed E-state index contributed by atoms with van der Waals surface area (Å²) in [4.78, 5) is 2.40. The molecule has 0 aliphatic heterocycles. The summed E-state index contributed by atoms with van der Waals surface area (Å²) in [6, 6.07) is 0.730. The van der Waals surface area contributed by atoms with Gasteiger partial charge in [-0.3, -0.25) is 0 Å². The highest BCUT2D eigenvalue weighted by molar-refractivity contribution is 4.62. The van der Waals surface area contributed by atoms with E-state index in [4.69, 9.17) is 0 Å². The summed E-state index contributed by atoms with van der Waals surface area (Å²) in [6.07, 6.45) is 3.84. The van der Waals surface area contributed by atoms with Gasteiger partial charge in [0.2, 0.25) is 0 Å². The Morgan fingerprint density at radius 1 is 1.23 bits per heavy atom. The summed E-state index contributed by atoms with van der Waals surface area (Å²) >= 11 is 0. The number of rotatable bonds is 8. The molecule has 0 saturated carbocycles. The lowest BCUT2D eigenvalue weighted by Crippen LogP contribution is -2.29. The van der Waals surface area contributed by atoms with Crippen molar-refractivity contribution in [2.75, 3.05) is 26.7 Å². The summed E-state index contributed by atoms with van der Waals surface area (Å²) < 4.78 is 0. The fourth-order valence-electron chi connectivity index (χ4n) is 1.36. The maximum Gasteiger partial charge on any atom is 0.00642 e. The lowest BCUT2D eigenvalue weighted by molar-refractivity contribution is 0.254. The molecule has 13 heavy (non-hydrogen) atoms. The summed E-state index contributed by atoms with van der Waals surface area (Å²) in [5.74, 6) is 0. The Labute approximate surface area is 83.7 Å². The molecule has 0 aliphatic rings. The first-order valence-corrected chi connectivity index (χ1v) is 5.63. The van der Waals surface area contributed by atoms with Crippen LogP contribution in [0.1, 0.15) is 40.0 Å². The molecule has 0 aromatic carbocycles. The van der Waals surface area contributed by atoms with E-state index < -0.39 is 0 Å². The minimum Gasteiger partial charge on any atom is -0.317 e. The lowest BCUT2D eigenvalue weighted by Gasteiger charge is -2.22. The molecule has 80 valence electrons. The van der Waals surface area contributed by atoms with Crippen molar-refractivity contribution in [3.8, 4) is 0 Å². The Kier molecular flexibility index (Phi) is 8.46. The fraction of sp³-hybridized carbons (Fsp3) is 1.00. The molecule has 2 nitrogen and oxygen atoms in total. The first-order chi connectivity index (χ1) is 6.22. The zero-order chi connectivity index (χ0) is 10.1. The summed E-state index contributed by atoms with van der Waals surface area (Å²) in [6.45, 7) is 10.2. The highest BCUT2D eigenvalue weighted by atomic mass is 15.1. The minimum absolute atomic E-state index is 0.730. The van der Waals surface area contributed by atoms with Crippen molar-refractivity contribution < 1.29 is 0 Å². The SMILES string of the molecule is CCCNCCCC(C)N(C)CC. The Bertz CT molecular complexity index is 104. The predicted molar refractivity (Wildman–Crippen MR) is 60.2 cm³/mol. The quantitative estimate of drug-likeness (QED) is 0.584. The van der Waals surface area contributed by atoms with Gasteiger partial charge in [0.05, 0.1) is 0 Å².